The maximum absolute atomic E-state index is 12.6. The molecule has 0 aliphatic rings. The number of aromatic nitrogens is 2. The molecular weight excluding hydrogens is 431 g/mol. The Morgan fingerprint density at radius 2 is 1.52 bits per heavy atom. The fourth-order valence-electron chi connectivity index (χ4n) is 2.49. The van der Waals surface area contributed by atoms with Gasteiger partial charge in [0.05, 0.1) is 6.54 Å². The Hall–Kier alpha value is -2.39. The number of benzene rings is 1. The van der Waals surface area contributed by atoms with Gasteiger partial charge < -0.3 is 0 Å². The first-order valence-electron chi connectivity index (χ1n) is 7.61. The van der Waals surface area contributed by atoms with E-state index in [4.69, 9.17) is 0 Å². The second-order valence-corrected chi connectivity index (χ2v) is 8.02. The summed E-state index contributed by atoms with van der Waals surface area (Å²) in [6.07, 6.45) is 0. The first-order valence-corrected chi connectivity index (χ1v) is 8.68. The summed E-state index contributed by atoms with van der Waals surface area (Å²) in [7, 11) is 0. The van der Waals surface area contributed by atoms with E-state index in [1.165, 1.54) is 0 Å². The third kappa shape index (κ3) is 3.99. The molecular formula is C18H17IN4O2. The Kier molecular flexibility index (Phi) is 5.48. The molecule has 1 heterocycles. The molecule has 0 saturated carbocycles. The van der Waals surface area contributed by atoms with Gasteiger partial charge in [0.2, 0.25) is 0 Å². The van der Waals surface area contributed by atoms with Crippen molar-refractivity contribution in [3.63, 3.8) is 0 Å². The topological polar surface area (TPSA) is 91.6 Å². The van der Waals surface area contributed by atoms with Gasteiger partial charge in [-0.25, -0.2) is 0 Å². The Morgan fingerprint density at radius 1 is 1.00 bits per heavy atom. The van der Waals surface area contributed by atoms with Gasteiger partial charge in [0, 0.05) is 10.1 Å². The first kappa shape index (κ1) is 18.9. The summed E-state index contributed by atoms with van der Waals surface area (Å²) in [5.74, 6) is 0. The summed E-state index contributed by atoms with van der Waals surface area (Å²) in [5, 5.41) is 19.0. The van der Waals surface area contributed by atoms with Crippen LogP contribution in [0.4, 0.5) is 0 Å². The molecule has 0 fully saturated rings. The monoisotopic (exact) mass is 448 g/mol. The second-order valence-electron chi connectivity index (χ2n) is 6.86. The second kappa shape index (κ2) is 7.24. The maximum atomic E-state index is 12.6. The third-order valence-electron chi connectivity index (χ3n) is 3.57. The van der Waals surface area contributed by atoms with E-state index < -0.39 is 11.1 Å². The number of hydrogen-bond donors (Lipinski definition) is 0. The van der Waals surface area contributed by atoms with Crippen molar-refractivity contribution >= 4 is 22.6 Å². The normalized spacial score (nSPS) is 11.0. The van der Waals surface area contributed by atoms with Crippen molar-refractivity contribution in [3.8, 4) is 12.1 Å². The highest BCUT2D eigenvalue weighted by atomic mass is 127. The average molecular weight is 448 g/mol. The predicted octanol–water partition coefficient (Wildman–Crippen LogP) is 2.45. The van der Waals surface area contributed by atoms with Crippen LogP contribution in [0, 0.1) is 31.6 Å². The van der Waals surface area contributed by atoms with Crippen molar-refractivity contribution in [2.24, 2.45) is 5.41 Å². The van der Waals surface area contributed by atoms with Crippen LogP contribution in [0.3, 0.4) is 0 Å². The molecule has 2 rings (SSSR count). The van der Waals surface area contributed by atoms with Gasteiger partial charge in [-0.3, -0.25) is 18.7 Å². The van der Waals surface area contributed by atoms with Gasteiger partial charge in [-0.15, -0.1) is 0 Å². The minimum absolute atomic E-state index is 0.0706. The van der Waals surface area contributed by atoms with E-state index in [2.05, 4.69) is 22.6 Å². The van der Waals surface area contributed by atoms with Crippen LogP contribution in [0.2, 0.25) is 0 Å². The highest BCUT2D eigenvalue weighted by Gasteiger charge is 2.23. The van der Waals surface area contributed by atoms with Crippen LogP contribution < -0.4 is 11.1 Å². The summed E-state index contributed by atoms with van der Waals surface area (Å²) in [5.41, 5.74) is -1.26. The fourth-order valence-corrected chi connectivity index (χ4v) is 3.05. The Labute approximate surface area is 159 Å². The van der Waals surface area contributed by atoms with Crippen molar-refractivity contribution in [1.82, 2.24) is 9.13 Å². The molecule has 1 aromatic carbocycles. The number of rotatable bonds is 3. The summed E-state index contributed by atoms with van der Waals surface area (Å²) < 4.78 is 3.12. The lowest BCUT2D eigenvalue weighted by Gasteiger charge is -2.22. The SMILES string of the molecule is CC(C)(C)Cn1c(C#N)c(C#N)n(Cc2ccccc2I)c(=O)c1=O. The van der Waals surface area contributed by atoms with Crippen molar-refractivity contribution in [3.05, 3.63) is 65.5 Å². The van der Waals surface area contributed by atoms with Crippen LogP contribution in [-0.2, 0) is 13.1 Å². The first-order chi connectivity index (χ1) is 11.7. The molecule has 2 aromatic rings. The Morgan fingerprint density at radius 3 is 2.04 bits per heavy atom. The van der Waals surface area contributed by atoms with E-state index in [1.807, 2.05) is 57.2 Å². The minimum Gasteiger partial charge on any atom is -0.292 e. The molecule has 0 atom stereocenters. The summed E-state index contributed by atoms with van der Waals surface area (Å²) >= 11 is 2.13. The van der Waals surface area contributed by atoms with Gasteiger partial charge in [-0.2, -0.15) is 10.5 Å². The molecule has 128 valence electrons. The van der Waals surface area contributed by atoms with Crippen LogP contribution in [-0.4, -0.2) is 9.13 Å². The molecule has 0 unspecified atom stereocenters. The number of nitriles is 2. The van der Waals surface area contributed by atoms with Crippen molar-refractivity contribution in [2.75, 3.05) is 0 Å². The van der Waals surface area contributed by atoms with E-state index >= 15 is 0 Å². The third-order valence-corrected chi connectivity index (χ3v) is 4.62. The number of hydrogen-bond acceptors (Lipinski definition) is 4. The molecule has 25 heavy (non-hydrogen) atoms. The summed E-state index contributed by atoms with van der Waals surface area (Å²) in [6.45, 7) is 5.93. The number of halogens is 1. The van der Waals surface area contributed by atoms with Gasteiger partial charge in [0.15, 0.2) is 11.4 Å². The van der Waals surface area contributed by atoms with Gasteiger partial charge in [0.1, 0.15) is 12.1 Å². The molecule has 1 aromatic heterocycles. The summed E-state index contributed by atoms with van der Waals surface area (Å²) in [6, 6.07) is 11.2. The molecule has 0 spiro atoms. The van der Waals surface area contributed by atoms with Crippen molar-refractivity contribution in [1.29, 1.82) is 10.5 Å². The lowest BCUT2D eigenvalue weighted by molar-refractivity contribution is 0.333. The van der Waals surface area contributed by atoms with Crippen molar-refractivity contribution < 1.29 is 0 Å². The fraction of sp³-hybridized carbons (Fsp3) is 0.333. The molecule has 0 aliphatic heterocycles. The molecule has 0 N–H and O–H groups in total. The lowest BCUT2D eigenvalue weighted by Crippen LogP contribution is -2.45. The largest absolute Gasteiger partial charge is 0.317 e. The highest BCUT2D eigenvalue weighted by Crippen LogP contribution is 2.18. The van der Waals surface area contributed by atoms with Gasteiger partial charge in [-0.05, 0) is 39.6 Å². The van der Waals surface area contributed by atoms with Crippen LogP contribution in [0.25, 0.3) is 0 Å². The van der Waals surface area contributed by atoms with Crippen LogP contribution in [0.1, 0.15) is 37.7 Å². The molecule has 7 heteroatoms. The number of nitrogens with zero attached hydrogens (tertiary/aromatic N) is 4. The average Bonchev–Trinajstić information content (AvgIpc) is 2.54. The quantitative estimate of drug-likeness (QED) is 0.533. The van der Waals surface area contributed by atoms with Crippen LogP contribution in [0.15, 0.2) is 33.9 Å². The predicted molar refractivity (Wildman–Crippen MR) is 102 cm³/mol. The maximum Gasteiger partial charge on any atom is 0.317 e. The van der Waals surface area contributed by atoms with Gasteiger partial charge >= 0.3 is 11.1 Å². The lowest BCUT2D eigenvalue weighted by atomic mass is 9.96. The molecule has 0 saturated heterocycles. The summed E-state index contributed by atoms with van der Waals surface area (Å²) in [4.78, 5) is 25.2. The Bertz CT molecular complexity index is 1010. The zero-order valence-corrected chi connectivity index (χ0v) is 16.4. The molecule has 0 aliphatic carbocycles. The van der Waals surface area contributed by atoms with E-state index in [9.17, 15) is 20.1 Å². The van der Waals surface area contributed by atoms with E-state index in [-0.39, 0.29) is 29.9 Å². The van der Waals surface area contributed by atoms with E-state index in [0.29, 0.717) is 0 Å². The van der Waals surface area contributed by atoms with Crippen molar-refractivity contribution in [2.45, 2.75) is 33.9 Å². The highest BCUT2D eigenvalue weighted by molar-refractivity contribution is 14.1. The molecule has 0 amide bonds. The van der Waals surface area contributed by atoms with Crippen LogP contribution in [0.5, 0.6) is 0 Å². The zero-order chi connectivity index (χ0) is 18.8. The zero-order valence-electron chi connectivity index (χ0n) is 14.2. The molecule has 0 radical (unpaired) electrons. The molecule has 0 bridgehead atoms. The molecule has 6 nitrogen and oxygen atoms in total. The van der Waals surface area contributed by atoms with E-state index in [1.54, 1.807) is 0 Å². The van der Waals surface area contributed by atoms with Crippen LogP contribution >= 0.6 is 22.6 Å². The standard InChI is InChI=1S/C18H17IN4O2/c1-18(2,3)11-23-15(9-21)14(8-20)22(16(24)17(23)25)10-12-6-4-5-7-13(12)19/h4-7H,10-11H2,1-3H3. The smallest absolute Gasteiger partial charge is 0.292 e. The van der Waals surface area contributed by atoms with E-state index in [0.717, 1.165) is 18.3 Å². The Balaban J connectivity index is 2.76. The van der Waals surface area contributed by atoms with Gasteiger partial charge in [0.25, 0.3) is 0 Å². The van der Waals surface area contributed by atoms with Gasteiger partial charge in [-0.1, -0.05) is 39.0 Å². The minimum atomic E-state index is -0.792.